The maximum atomic E-state index is 2.98. The fraction of sp³-hybridized carbons (Fsp3) is 0.538. The molecule has 0 N–H and O–H groups in total. The summed E-state index contributed by atoms with van der Waals surface area (Å²) in [5.41, 5.74) is 2.22. The van der Waals surface area contributed by atoms with Gasteiger partial charge in [-0.2, -0.15) is 0 Å². The average Bonchev–Trinajstić information content (AvgIpc) is 2.20. The largest absolute Gasteiger partial charge is 0.134 e. The zero-order valence-electron chi connectivity index (χ0n) is 9.08. The molecule has 0 heterocycles. The van der Waals surface area contributed by atoms with Crippen molar-refractivity contribution in [2.45, 2.75) is 44.7 Å². The van der Waals surface area contributed by atoms with Gasteiger partial charge in [0.2, 0.25) is 0 Å². The van der Waals surface area contributed by atoms with Gasteiger partial charge in [0.1, 0.15) is 0 Å². The lowest BCUT2D eigenvalue weighted by Crippen LogP contribution is -2.02. The molecular formula is C13H21P. The number of hydrogen-bond donors (Lipinski definition) is 0. The Balaban J connectivity index is 2.23. The molecule has 2 unspecified atom stereocenters. The van der Waals surface area contributed by atoms with Gasteiger partial charge in [-0.25, -0.2) is 0 Å². The first-order valence-corrected chi connectivity index (χ1v) is 6.29. The normalized spacial score (nSPS) is 12.7. The van der Waals surface area contributed by atoms with Gasteiger partial charge in [0.25, 0.3) is 0 Å². The Morgan fingerprint density at radius 3 is 2.50 bits per heavy atom. The molecular weight excluding hydrogens is 187 g/mol. The molecule has 14 heavy (non-hydrogen) atoms. The Bertz CT molecular complexity index is 230. The summed E-state index contributed by atoms with van der Waals surface area (Å²) < 4.78 is 0. The molecule has 0 bridgehead atoms. The monoisotopic (exact) mass is 208 g/mol. The summed E-state index contributed by atoms with van der Waals surface area (Å²) in [6, 6.07) is 10.8. The van der Waals surface area contributed by atoms with E-state index in [-0.39, 0.29) is 0 Å². The zero-order valence-corrected chi connectivity index (χ0v) is 10.2. The molecule has 0 aliphatic heterocycles. The molecule has 0 saturated heterocycles. The Morgan fingerprint density at radius 2 is 1.86 bits per heavy atom. The highest BCUT2D eigenvalue weighted by atomic mass is 31.0. The van der Waals surface area contributed by atoms with Crippen LogP contribution in [0.1, 0.15) is 38.2 Å². The minimum absolute atomic E-state index is 0.754. The van der Waals surface area contributed by atoms with Gasteiger partial charge < -0.3 is 0 Å². The van der Waals surface area contributed by atoms with E-state index in [1.807, 2.05) is 0 Å². The van der Waals surface area contributed by atoms with Crippen molar-refractivity contribution in [3.05, 3.63) is 35.9 Å². The lowest BCUT2D eigenvalue weighted by atomic mass is 10.1. The van der Waals surface area contributed by atoms with Gasteiger partial charge in [0.15, 0.2) is 0 Å². The molecule has 0 spiro atoms. The minimum atomic E-state index is 0.754. The number of hydrogen-bond acceptors (Lipinski definition) is 0. The van der Waals surface area contributed by atoms with Crippen molar-refractivity contribution in [2.24, 2.45) is 0 Å². The summed E-state index contributed by atoms with van der Waals surface area (Å²) in [6.07, 6.45) is 6.61. The van der Waals surface area contributed by atoms with Crippen LogP contribution in [0.25, 0.3) is 0 Å². The van der Waals surface area contributed by atoms with Crippen LogP contribution in [0.3, 0.4) is 0 Å². The minimum Gasteiger partial charge on any atom is -0.134 e. The van der Waals surface area contributed by atoms with E-state index < -0.39 is 0 Å². The molecule has 0 nitrogen and oxygen atoms in total. The maximum absolute atomic E-state index is 2.98. The fourth-order valence-electron chi connectivity index (χ4n) is 1.68. The fourth-order valence-corrected chi connectivity index (χ4v) is 2.18. The molecule has 1 heteroatoms. The predicted molar refractivity (Wildman–Crippen MR) is 67.8 cm³/mol. The highest BCUT2D eigenvalue weighted by Crippen LogP contribution is 2.16. The van der Waals surface area contributed by atoms with Crippen LogP contribution in [0, 0.1) is 0 Å². The van der Waals surface area contributed by atoms with E-state index >= 15 is 0 Å². The third kappa shape index (κ3) is 4.77. The topological polar surface area (TPSA) is 0 Å². The van der Waals surface area contributed by atoms with E-state index in [9.17, 15) is 0 Å². The van der Waals surface area contributed by atoms with Gasteiger partial charge in [-0.05, 0) is 24.1 Å². The van der Waals surface area contributed by atoms with Crippen LogP contribution in [-0.2, 0) is 6.42 Å². The lowest BCUT2D eigenvalue weighted by Gasteiger charge is -2.10. The Morgan fingerprint density at radius 1 is 1.14 bits per heavy atom. The van der Waals surface area contributed by atoms with E-state index in [4.69, 9.17) is 0 Å². The van der Waals surface area contributed by atoms with E-state index in [1.54, 1.807) is 0 Å². The second-order valence-electron chi connectivity index (χ2n) is 3.95. The highest BCUT2D eigenvalue weighted by Gasteiger charge is 2.02. The second-order valence-corrected chi connectivity index (χ2v) is 4.89. The molecule has 0 fully saturated rings. The van der Waals surface area contributed by atoms with Crippen LogP contribution in [0.15, 0.2) is 30.3 Å². The van der Waals surface area contributed by atoms with E-state index in [0.29, 0.717) is 0 Å². The Kier molecular flexibility index (Phi) is 5.87. The van der Waals surface area contributed by atoms with Crippen molar-refractivity contribution in [3.63, 3.8) is 0 Å². The molecule has 0 aliphatic rings. The molecule has 2 atom stereocenters. The van der Waals surface area contributed by atoms with Crippen molar-refractivity contribution >= 4 is 9.24 Å². The van der Waals surface area contributed by atoms with Crippen LogP contribution >= 0.6 is 9.24 Å². The maximum Gasteiger partial charge on any atom is -0.0216 e. The quantitative estimate of drug-likeness (QED) is 0.488. The summed E-state index contributed by atoms with van der Waals surface area (Å²) in [5.74, 6) is 0. The van der Waals surface area contributed by atoms with E-state index in [2.05, 4.69) is 46.5 Å². The summed E-state index contributed by atoms with van der Waals surface area (Å²) in [4.78, 5) is 0. The van der Waals surface area contributed by atoms with Crippen LogP contribution < -0.4 is 0 Å². The summed E-state index contributed by atoms with van der Waals surface area (Å²) in [5, 5.41) is 0. The van der Waals surface area contributed by atoms with Crippen molar-refractivity contribution in [1.82, 2.24) is 0 Å². The van der Waals surface area contributed by atoms with Gasteiger partial charge in [0.05, 0.1) is 0 Å². The first-order chi connectivity index (χ1) is 6.83. The van der Waals surface area contributed by atoms with Crippen molar-refractivity contribution in [2.75, 3.05) is 0 Å². The van der Waals surface area contributed by atoms with Crippen LogP contribution in [0.2, 0.25) is 0 Å². The van der Waals surface area contributed by atoms with Crippen LogP contribution in [-0.4, -0.2) is 5.66 Å². The number of unbranched alkanes of at least 4 members (excludes halogenated alkanes) is 2. The third-order valence-corrected chi connectivity index (χ3v) is 3.09. The number of rotatable bonds is 6. The lowest BCUT2D eigenvalue weighted by molar-refractivity contribution is 0.642. The van der Waals surface area contributed by atoms with Gasteiger partial charge in [0, 0.05) is 0 Å². The summed E-state index contributed by atoms with van der Waals surface area (Å²) in [6.45, 7) is 2.26. The first kappa shape index (κ1) is 11.7. The number of benzene rings is 1. The SMILES string of the molecule is CCCCCC(P)Cc1ccccc1. The van der Waals surface area contributed by atoms with Crippen molar-refractivity contribution in [3.8, 4) is 0 Å². The third-order valence-electron chi connectivity index (χ3n) is 2.52. The van der Waals surface area contributed by atoms with Gasteiger partial charge >= 0.3 is 0 Å². The average molecular weight is 208 g/mol. The zero-order chi connectivity index (χ0) is 10.2. The standard InChI is InChI=1S/C13H21P/c1-2-3-5-10-13(14)11-12-8-6-4-7-9-12/h4,6-9,13H,2-3,5,10-11,14H2,1H3. The van der Waals surface area contributed by atoms with Crippen molar-refractivity contribution in [1.29, 1.82) is 0 Å². The smallest absolute Gasteiger partial charge is 0.0216 e. The van der Waals surface area contributed by atoms with Gasteiger partial charge in [-0.1, -0.05) is 56.5 Å². The van der Waals surface area contributed by atoms with E-state index in [1.165, 1.54) is 37.7 Å². The predicted octanol–water partition coefficient (Wildman–Crippen LogP) is 4.05. The summed E-state index contributed by atoms with van der Waals surface area (Å²) in [7, 11) is 2.98. The van der Waals surface area contributed by atoms with Gasteiger partial charge in [-0.15, -0.1) is 9.24 Å². The molecule has 0 aliphatic carbocycles. The molecule has 0 saturated carbocycles. The molecule has 1 aromatic rings. The molecule has 0 radical (unpaired) electrons. The molecule has 1 rings (SSSR count). The first-order valence-electron chi connectivity index (χ1n) is 5.62. The Labute approximate surface area is 90.3 Å². The molecule has 0 amide bonds. The Hall–Kier alpha value is -0.350. The van der Waals surface area contributed by atoms with Gasteiger partial charge in [-0.3, -0.25) is 0 Å². The van der Waals surface area contributed by atoms with Crippen LogP contribution in [0.5, 0.6) is 0 Å². The van der Waals surface area contributed by atoms with Crippen molar-refractivity contribution < 1.29 is 0 Å². The van der Waals surface area contributed by atoms with Crippen LogP contribution in [0.4, 0.5) is 0 Å². The molecule has 1 aromatic carbocycles. The van der Waals surface area contributed by atoms with E-state index in [0.717, 1.165) is 5.66 Å². The summed E-state index contributed by atoms with van der Waals surface area (Å²) >= 11 is 0. The molecule has 0 aromatic heterocycles. The molecule has 78 valence electrons. The second kappa shape index (κ2) is 7.01. The highest BCUT2D eigenvalue weighted by molar-refractivity contribution is 7.17.